The van der Waals surface area contributed by atoms with Crippen LogP contribution in [0.2, 0.25) is 0 Å². The Bertz CT molecular complexity index is 583. The molecule has 0 aromatic heterocycles. The van der Waals surface area contributed by atoms with Gasteiger partial charge in [-0.25, -0.2) is 4.79 Å². The topological polar surface area (TPSA) is 93.7 Å². The first-order chi connectivity index (χ1) is 13.3. The summed E-state index contributed by atoms with van der Waals surface area (Å²) in [4.78, 5) is 36.5. The Morgan fingerprint density at radius 2 is 1.89 bits per heavy atom. The quantitative estimate of drug-likeness (QED) is 0.241. The van der Waals surface area contributed by atoms with Crippen LogP contribution in [0, 0.1) is 23.7 Å². The molecule has 7 nitrogen and oxygen atoms in total. The molecule has 1 rings (SSSR count). The number of alkyl carbamates (subject to hydrolysis) is 1. The van der Waals surface area contributed by atoms with E-state index in [9.17, 15) is 14.4 Å². The van der Waals surface area contributed by atoms with E-state index in [1.165, 1.54) is 7.11 Å². The lowest BCUT2D eigenvalue weighted by Gasteiger charge is -2.22. The summed E-state index contributed by atoms with van der Waals surface area (Å²) in [6.07, 6.45) is 4.58. The number of methoxy groups -OCH3 is 1. The SMILES string of the molecule is C=C[C@@H]1C[C@H](/C=C/P(C)P)[C@H](C(=O)NCCCNC(=O)OCC)[C@@H]1C(=O)OC. The van der Waals surface area contributed by atoms with Crippen LogP contribution in [0.25, 0.3) is 0 Å². The molecule has 0 aromatic rings. The number of rotatable bonds is 10. The molecule has 0 saturated heterocycles. The predicted molar refractivity (Wildman–Crippen MR) is 115 cm³/mol. The van der Waals surface area contributed by atoms with Crippen LogP contribution in [0.15, 0.2) is 24.5 Å². The Kier molecular flexibility index (Phi) is 11.3. The van der Waals surface area contributed by atoms with Crippen molar-refractivity contribution in [3.05, 3.63) is 24.5 Å². The molecule has 0 radical (unpaired) electrons. The van der Waals surface area contributed by atoms with Crippen molar-refractivity contribution in [3.63, 3.8) is 0 Å². The molecular formula is C19H32N2O5P2. The van der Waals surface area contributed by atoms with E-state index in [1.807, 2.05) is 6.08 Å². The summed E-state index contributed by atoms with van der Waals surface area (Å²) < 4.78 is 9.74. The lowest BCUT2D eigenvalue weighted by atomic mass is 9.86. The van der Waals surface area contributed by atoms with Gasteiger partial charge in [-0.05, 0) is 38.3 Å². The Morgan fingerprint density at radius 1 is 1.21 bits per heavy atom. The minimum absolute atomic E-state index is 0.0461. The fourth-order valence-corrected chi connectivity index (χ4v) is 4.22. The zero-order chi connectivity index (χ0) is 21.1. The second-order valence-electron chi connectivity index (χ2n) is 6.67. The first kappa shape index (κ1) is 24.6. The second kappa shape index (κ2) is 12.9. The normalized spacial score (nSPS) is 25.1. The fourth-order valence-electron chi connectivity index (χ4n) is 3.43. The maximum atomic E-state index is 12.9. The van der Waals surface area contributed by atoms with Crippen LogP contribution in [0.3, 0.4) is 0 Å². The van der Waals surface area contributed by atoms with E-state index in [2.05, 4.69) is 38.6 Å². The second-order valence-corrected chi connectivity index (χ2v) is 10.7. The molecule has 0 aromatic carbocycles. The summed E-state index contributed by atoms with van der Waals surface area (Å²) in [5.41, 5.74) is 0. The molecule has 2 amide bonds. The van der Waals surface area contributed by atoms with Gasteiger partial charge in [0.15, 0.2) is 0 Å². The number of hydrogen-bond donors (Lipinski definition) is 2. The Morgan fingerprint density at radius 3 is 2.46 bits per heavy atom. The van der Waals surface area contributed by atoms with E-state index in [-0.39, 0.29) is 31.3 Å². The number of esters is 1. The van der Waals surface area contributed by atoms with Crippen molar-refractivity contribution in [2.24, 2.45) is 23.7 Å². The predicted octanol–water partition coefficient (Wildman–Crippen LogP) is 2.88. The van der Waals surface area contributed by atoms with Crippen molar-refractivity contribution in [2.45, 2.75) is 19.8 Å². The van der Waals surface area contributed by atoms with Crippen LogP contribution in [-0.4, -0.2) is 51.4 Å². The average molecular weight is 430 g/mol. The molecule has 1 fully saturated rings. The van der Waals surface area contributed by atoms with Gasteiger partial charge in [-0.2, -0.15) is 0 Å². The molecule has 0 heterocycles. The fraction of sp³-hybridized carbons (Fsp3) is 0.632. The van der Waals surface area contributed by atoms with Gasteiger partial charge in [-0.3, -0.25) is 9.59 Å². The number of carbonyl (C=O) groups excluding carboxylic acids is 3. The van der Waals surface area contributed by atoms with Gasteiger partial charge in [0.2, 0.25) is 5.91 Å². The average Bonchev–Trinajstić information content (AvgIpc) is 3.04. The molecule has 0 spiro atoms. The molecule has 6 atom stereocenters. The lowest BCUT2D eigenvalue weighted by molar-refractivity contribution is -0.150. The van der Waals surface area contributed by atoms with E-state index in [0.29, 0.717) is 32.5 Å². The van der Waals surface area contributed by atoms with Gasteiger partial charge in [0, 0.05) is 13.1 Å². The van der Waals surface area contributed by atoms with E-state index in [1.54, 1.807) is 13.0 Å². The molecule has 1 aliphatic carbocycles. The van der Waals surface area contributed by atoms with Crippen LogP contribution >= 0.6 is 16.5 Å². The van der Waals surface area contributed by atoms with Gasteiger partial charge in [0.1, 0.15) is 0 Å². The summed E-state index contributed by atoms with van der Waals surface area (Å²) in [7, 11) is 3.78. The third-order valence-corrected chi connectivity index (χ3v) is 5.86. The summed E-state index contributed by atoms with van der Waals surface area (Å²) in [5, 5.41) is 5.50. The van der Waals surface area contributed by atoms with E-state index < -0.39 is 17.9 Å². The van der Waals surface area contributed by atoms with Gasteiger partial charge in [0.25, 0.3) is 0 Å². The Hall–Kier alpha value is -1.45. The highest BCUT2D eigenvalue weighted by Gasteiger charge is 2.49. The summed E-state index contributed by atoms with van der Waals surface area (Å²) in [5.74, 6) is 0.358. The first-order valence-corrected chi connectivity index (χ1v) is 12.9. The molecule has 2 unspecified atom stereocenters. The van der Waals surface area contributed by atoms with Gasteiger partial charge >= 0.3 is 12.1 Å². The lowest BCUT2D eigenvalue weighted by Crippen LogP contribution is -2.40. The minimum atomic E-state index is -0.539. The molecule has 0 bridgehead atoms. The van der Waals surface area contributed by atoms with Crippen molar-refractivity contribution in [3.8, 4) is 0 Å². The van der Waals surface area contributed by atoms with E-state index in [4.69, 9.17) is 9.47 Å². The van der Waals surface area contributed by atoms with Crippen LogP contribution in [0.4, 0.5) is 4.79 Å². The van der Waals surface area contributed by atoms with Gasteiger partial charge in [-0.15, -0.1) is 15.5 Å². The molecule has 0 aliphatic heterocycles. The number of amides is 2. The standard InChI is InChI=1S/C19H32N2O5P2/c1-5-13-12-14(8-11-28(4)27)15(16(13)18(23)25-3)17(22)20-9-7-10-21-19(24)26-6-2/h5,8,11,13-16H,1,6-7,9-10,12,27H2,2-4H3,(H,20,22)(H,21,24)/b11-8+/t13-,14+,15+,16-,28?/m1/s1. The van der Waals surface area contributed by atoms with E-state index >= 15 is 0 Å². The third-order valence-electron chi connectivity index (χ3n) is 4.70. The van der Waals surface area contributed by atoms with Crippen molar-refractivity contribution < 1.29 is 23.9 Å². The minimum Gasteiger partial charge on any atom is -0.469 e. The zero-order valence-electron chi connectivity index (χ0n) is 16.8. The molecular weight excluding hydrogens is 398 g/mol. The first-order valence-electron chi connectivity index (χ1n) is 9.40. The maximum Gasteiger partial charge on any atom is 0.407 e. The Labute approximate surface area is 170 Å². The third kappa shape index (κ3) is 7.52. The summed E-state index contributed by atoms with van der Waals surface area (Å²) in [6, 6.07) is 0. The largest absolute Gasteiger partial charge is 0.469 e. The number of carbonyl (C=O) groups is 3. The molecule has 28 heavy (non-hydrogen) atoms. The zero-order valence-corrected chi connectivity index (χ0v) is 18.9. The molecule has 158 valence electrons. The van der Waals surface area contributed by atoms with Gasteiger partial charge in [-0.1, -0.05) is 25.6 Å². The van der Waals surface area contributed by atoms with Crippen LogP contribution in [0.1, 0.15) is 19.8 Å². The van der Waals surface area contributed by atoms with Crippen molar-refractivity contribution in [2.75, 3.05) is 33.5 Å². The number of hydrogen-bond acceptors (Lipinski definition) is 5. The maximum absolute atomic E-state index is 12.9. The van der Waals surface area contributed by atoms with Crippen molar-refractivity contribution in [1.29, 1.82) is 0 Å². The summed E-state index contributed by atoms with van der Waals surface area (Å²) in [6.45, 7) is 8.78. The highest BCUT2D eigenvalue weighted by molar-refractivity contribution is 8.14. The molecule has 9 heteroatoms. The van der Waals surface area contributed by atoms with Gasteiger partial charge in [0.05, 0.1) is 25.6 Å². The van der Waals surface area contributed by atoms with Crippen molar-refractivity contribution >= 4 is 34.5 Å². The molecule has 1 aliphatic rings. The van der Waals surface area contributed by atoms with Gasteiger partial charge < -0.3 is 20.1 Å². The highest BCUT2D eigenvalue weighted by atomic mass is 32.0. The monoisotopic (exact) mass is 430 g/mol. The number of allylic oxidation sites excluding steroid dienone is 2. The van der Waals surface area contributed by atoms with E-state index in [0.717, 1.165) is 0 Å². The van der Waals surface area contributed by atoms with Crippen LogP contribution in [-0.2, 0) is 19.1 Å². The molecule has 1 saturated carbocycles. The summed E-state index contributed by atoms with van der Waals surface area (Å²) >= 11 is 0. The molecule has 2 N–H and O–H groups in total. The number of ether oxygens (including phenoxy) is 2. The number of nitrogens with one attached hydrogen (secondary N) is 2. The smallest absolute Gasteiger partial charge is 0.407 e. The Balaban J connectivity index is 2.74. The van der Waals surface area contributed by atoms with Crippen LogP contribution in [0.5, 0.6) is 0 Å². The van der Waals surface area contributed by atoms with Crippen LogP contribution < -0.4 is 10.6 Å². The van der Waals surface area contributed by atoms with Crippen molar-refractivity contribution in [1.82, 2.24) is 10.6 Å². The highest BCUT2D eigenvalue weighted by Crippen LogP contribution is 2.47.